The molecule has 0 saturated heterocycles. The fourth-order valence-corrected chi connectivity index (χ4v) is 2.84. The third kappa shape index (κ3) is 2.77. The van der Waals surface area contributed by atoms with Gasteiger partial charge in [-0.3, -0.25) is 9.78 Å². The minimum atomic E-state index is -0.654. The van der Waals surface area contributed by atoms with Gasteiger partial charge in [0.25, 0.3) is 0 Å². The van der Waals surface area contributed by atoms with Gasteiger partial charge in [-0.1, -0.05) is 0 Å². The van der Waals surface area contributed by atoms with Gasteiger partial charge in [0.15, 0.2) is 0 Å². The van der Waals surface area contributed by atoms with E-state index in [2.05, 4.69) is 4.98 Å². The second-order valence-electron chi connectivity index (χ2n) is 5.21. The smallest absolute Gasteiger partial charge is 0.318 e. The molecule has 1 fully saturated rings. The van der Waals surface area contributed by atoms with Crippen LogP contribution in [-0.4, -0.2) is 30.8 Å². The molecule has 20 heavy (non-hydrogen) atoms. The Bertz CT molecular complexity index is 451. The predicted molar refractivity (Wildman–Crippen MR) is 76.2 cm³/mol. The highest BCUT2D eigenvalue weighted by atomic mass is 16.5. The zero-order valence-corrected chi connectivity index (χ0v) is 12.1. The van der Waals surface area contributed by atoms with E-state index in [9.17, 15) is 4.79 Å². The number of anilines is 1. The first kappa shape index (κ1) is 14.8. The van der Waals surface area contributed by atoms with Crippen molar-refractivity contribution in [3.8, 4) is 0 Å². The van der Waals surface area contributed by atoms with Crippen LogP contribution in [0.4, 0.5) is 5.69 Å². The van der Waals surface area contributed by atoms with E-state index in [1.165, 1.54) is 0 Å². The predicted octanol–water partition coefficient (Wildman–Crippen LogP) is 2.05. The molecule has 0 aliphatic heterocycles. The molecule has 1 heterocycles. The molecule has 2 rings (SSSR count). The van der Waals surface area contributed by atoms with Gasteiger partial charge in [-0.05, 0) is 44.7 Å². The first-order chi connectivity index (χ1) is 9.62. The number of esters is 1. The van der Waals surface area contributed by atoms with Crippen molar-refractivity contribution >= 4 is 11.7 Å². The number of carbonyl (C=O) groups is 1. The molecule has 1 aromatic heterocycles. The Morgan fingerprint density at radius 3 is 2.65 bits per heavy atom. The maximum Gasteiger partial charge on any atom is 0.318 e. The van der Waals surface area contributed by atoms with Crippen LogP contribution < -0.4 is 5.73 Å². The zero-order chi connectivity index (χ0) is 14.6. The summed E-state index contributed by atoms with van der Waals surface area (Å²) in [7, 11) is 1.71. The van der Waals surface area contributed by atoms with Crippen molar-refractivity contribution in [2.45, 2.75) is 44.1 Å². The monoisotopic (exact) mass is 278 g/mol. The number of nitrogens with two attached hydrogens (primary N) is 1. The van der Waals surface area contributed by atoms with Crippen LogP contribution in [0.3, 0.4) is 0 Å². The molecule has 5 heteroatoms. The highest BCUT2D eigenvalue weighted by molar-refractivity contribution is 5.83. The molecule has 0 bridgehead atoms. The molecule has 0 atom stereocenters. The van der Waals surface area contributed by atoms with Crippen LogP contribution in [0.15, 0.2) is 18.3 Å². The van der Waals surface area contributed by atoms with Crippen molar-refractivity contribution in [2.75, 3.05) is 19.5 Å². The molecule has 0 radical (unpaired) electrons. The van der Waals surface area contributed by atoms with Gasteiger partial charge in [-0.2, -0.15) is 0 Å². The summed E-state index contributed by atoms with van der Waals surface area (Å²) in [5.41, 5.74) is 6.37. The molecule has 5 nitrogen and oxygen atoms in total. The Morgan fingerprint density at radius 2 is 2.15 bits per heavy atom. The van der Waals surface area contributed by atoms with E-state index in [4.69, 9.17) is 15.2 Å². The highest BCUT2D eigenvalue weighted by Crippen LogP contribution is 2.40. The molecule has 0 spiro atoms. The van der Waals surface area contributed by atoms with E-state index in [1.54, 1.807) is 19.4 Å². The number of nitrogen functional groups attached to an aromatic ring is 1. The van der Waals surface area contributed by atoms with Gasteiger partial charge in [0.2, 0.25) is 0 Å². The van der Waals surface area contributed by atoms with E-state index in [-0.39, 0.29) is 12.1 Å². The number of aromatic nitrogens is 1. The lowest BCUT2D eigenvalue weighted by atomic mass is 9.70. The molecule has 1 aliphatic rings. The maximum atomic E-state index is 12.5. The molecule has 0 unspecified atom stereocenters. The highest BCUT2D eigenvalue weighted by Gasteiger charge is 2.45. The van der Waals surface area contributed by atoms with E-state index in [0.29, 0.717) is 25.1 Å². The van der Waals surface area contributed by atoms with Gasteiger partial charge in [0.1, 0.15) is 5.41 Å². The summed E-state index contributed by atoms with van der Waals surface area (Å²) in [6.45, 7) is 2.20. The molecule has 2 N–H and O–H groups in total. The number of ether oxygens (including phenoxy) is 2. The lowest BCUT2D eigenvalue weighted by molar-refractivity contribution is -0.153. The van der Waals surface area contributed by atoms with Crippen molar-refractivity contribution in [2.24, 2.45) is 0 Å². The molecule has 1 aliphatic carbocycles. The Balaban J connectivity index is 2.30. The Morgan fingerprint density at radius 1 is 1.45 bits per heavy atom. The third-order valence-corrected chi connectivity index (χ3v) is 4.06. The van der Waals surface area contributed by atoms with Crippen LogP contribution in [-0.2, 0) is 19.7 Å². The average Bonchev–Trinajstić information content (AvgIpc) is 2.48. The van der Waals surface area contributed by atoms with E-state index < -0.39 is 5.41 Å². The molecule has 1 saturated carbocycles. The molecule has 0 amide bonds. The number of rotatable bonds is 4. The Labute approximate surface area is 119 Å². The fourth-order valence-electron chi connectivity index (χ4n) is 2.84. The lowest BCUT2D eigenvalue weighted by Gasteiger charge is -2.37. The van der Waals surface area contributed by atoms with Crippen molar-refractivity contribution in [3.05, 3.63) is 24.0 Å². The average molecular weight is 278 g/mol. The number of carbonyl (C=O) groups excluding carboxylic acids is 1. The van der Waals surface area contributed by atoms with Gasteiger partial charge >= 0.3 is 5.97 Å². The van der Waals surface area contributed by atoms with Crippen LogP contribution in [0.2, 0.25) is 0 Å². The largest absolute Gasteiger partial charge is 0.465 e. The number of hydrogen-bond acceptors (Lipinski definition) is 5. The number of hydrogen-bond donors (Lipinski definition) is 1. The molecule has 1 aromatic rings. The topological polar surface area (TPSA) is 74.4 Å². The summed E-state index contributed by atoms with van der Waals surface area (Å²) in [4.78, 5) is 16.8. The number of methoxy groups -OCH3 is 1. The summed E-state index contributed by atoms with van der Waals surface area (Å²) in [5.74, 6) is -0.188. The minimum absolute atomic E-state index is 0.188. The van der Waals surface area contributed by atoms with Crippen LogP contribution in [0.1, 0.15) is 38.3 Å². The number of pyridine rings is 1. The third-order valence-electron chi connectivity index (χ3n) is 4.06. The van der Waals surface area contributed by atoms with Gasteiger partial charge in [-0.15, -0.1) is 0 Å². The molecular formula is C15H22N2O3. The standard InChI is InChI=1S/C15H22N2O3/c1-3-20-14(18)15(8-6-12(19-2)7-9-15)13-5-4-11(16)10-17-13/h4-5,10,12H,3,6-9,16H2,1-2H3/t12-,15+. The zero-order valence-electron chi connectivity index (χ0n) is 12.1. The Hall–Kier alpha value is -1.62. The van der Waals surface area contributed by atoms with E-state index in [0.717, 1.165) is 18.5 Å². The van der Waals surface area contributed by atoms with Crippen molar-refractivity contribution in [3.63, 3.8) is 0 Å². The van der Waals surface area contributed by atoms with Crippen molar-refractivity contribution in [1.82, 2.24) is 4.98 Å². The summed E-state index contributed by atoms with van der Waals surface area (Å²) < 4.78 is 10.7. The normalized spacial score (nSPS) is 26.2. The van der Waals surface area contributed by atoms with Crippen molar-refractivity contribution < 1.29 is 14.3 Å². The summed E-state index contributed by atoms with van der Waals surface area (Å²) in [5, 5.41) is 0. The summed E-state index contributed by atoms with van der Waals surface area (Å²) in [6, 6.07) is 3.62. The first-order valence-corrected chi connectivity index (χ1v) is 7.04. The summed E-state index contributed by atoms with van der Waals surface area (Å²) >= 11 is 0. The second kappa shape index (κ2) is 6.22. The van der Waals surface area contributed by atoms with E-state index in [1.807, 2.05) is 13.0 Å². The van der Waals surface area contributed by atoms with Crippen LogP contribution in [0.5, 0.6) is 0 Å². The van der Waals surface area contributed by atoms with Gasteiger partial charge in [0, 0.05) is 7.11 Å². The minimum Gasteiger partial charge on any atom is -0.465 e. The fraction of sp³-hybridized carbons (Fsp3) is 0.600. The van der Waals surface area contributed by atoms with E-state index >= 15 is 0 Å². The van der Waals surface area contributed by atoms with Crippen LogP contribution in [0, 0.1) is 0 Å². The van der Waals surface area contributed by atoms with Crippen LogP contribution >= 0.6 is 0 Å². The van der Waals surface area contributed by atoms with Gasteiger partial charge in [0.05, 0.1) is 30.3 Å². The lowest BCUT2D eigenvalue weighted by Crippen LogP contribution is -2.43. The van der Waals surface area contributed by atoms with Gasteiger partial charge in [-0.25, -0.2) is 0 Å². The molecular weight excluding hydrogens is 256 g/mol. The summed E-state index contributed by atoms with van der Waals surface area (Å²) in [6.07, 6.45) is 4.87. The second-order valence-corrected chi connectivity index (χ2v) is 5.21. The molecule has 0 aromatic carbocycles. The number of nitrogens with zero attached hydrogens (tertiary/aromatic N) is 1. The van der Waals surface area contributed by atoms with Crippen molar-refractivity contribution in [1.29, 1.82) is 0 Å². The maximum absolute atomic E-state index is 12.5. The SMILES string of the molecule is CCOC(=O)[C@]1(c2ccc(N)cn2)CC[C@H](OC)CC1. The molecule has 110 valence electrons. The Kier molecular flexibility index (Phi) is 4.60. The quantitative estimate of drug-likeness (QED) is 0.853. The van der Waals surface area contributed by atoms with Gasteiger partial charge < -0.3 is 15.2 Å². The first-order valence-electron chi connectivity index (χ1n) is 7.04. The van der Waals surface area contributed by atoms with Crippen LogP contribution in [0.25, 0.3) is 0 Å².